The molecule has 0 aliphatic heterocycles. The van der Waals surface area contributed by atoms with Crippen molar-refractivity contribution in [3.05, 3.63) is 17.8 Å². The summed E-state index contributed by atoms with van der Waals surface area (Å²) in [6.07, 6.45) is 3.87. The number of carbonyl (C=O) groups is 1. The van der Waals surface area contributed by atoms with E-state index in [1.165, 1.54) is 6.20 Å². The Morgan fingerprint density at radius 2 is 2.30 bits per heavy atom. The first-order valence-corrected chi connectivity index (χ1v) is 8.06. The molecule has 20 heavy (non-hydrogen) atoms. The lowest BCUT2D eigenvalue weighted by Crippen LogP contribution is -2.16. The summed E-state index contributed by atoms with van der Waals surface area (Å²) in [6, 6.07) is 1.57. The first-order chi connectivity index (χ1) is 9.45. The summed E-state index contributed by atoms with van der Waals surface area (Å²) in [4.78, 5) is 15.8. The minimum Gasteiger partial charge on any atom is -0.462 e. The van der Waals surface area contributed by atoms with Crippen molar-refractivity contribution in [2.45, 2.75) is 25.5 Å². The third kappa shape index (κ3) is 4.80. The molecule has 0 saturated carbocycles. The minimum absolute atomic E-state index is 0.112. The molecule has 0 bridgehead atoms. The molecule has 6 nitrogen and oxygen atoms in total. The molecule has 7 heteroatoms. The van der Waals surface area contributed by atoms with Gasteiger partial charge in [-0.3, -0.25) is 4.21 Å². The molecule has 3 N–H and O–H groups in total. The Balaban J connectivity index is 2.66. The fraction of sp³-hybridized carbons (Fsp3) is 0.538. The highest BCUT2D eigenvalue weighted by atomic mass is 32.2. The van der Waals surface area contributed by atoms with E-state index in [1.807, 2.05) is 6.92 Å². The molecule has 1 heterocycles. The fourth-order valence-electron chi connectivity index (χ4n) is 1.52. The van der Waals surface area contributed by atoms with Crippen molar-refractivity contribution in [1.82, 2.24) is 4.98 Å². The van der Waals surface area contributed by atoms with E-state index in [9.17, 15) is 9.00 Å². The van der Waals surface area contributed by atoms with Gasteiger partial charge in [0.25, 0.3) is 0 Å². The Kier molecular flexibility index (Phi) is 6.44. The number of carbonyl (C=O) groups excluding carboxylic acids is 1. The molecule has 0 aliphatic rings. The zero-order chi connectivity index (χ0) is 15.1. The number of aromatic nitrogens is 1. The van der Waals surface area contributed by atoms with E-state index in [4.69, 9.17) is 10.5 Å². The van der Waals surface area contributed by atoms with E-state index in [0.717, 1.165) is 6.42 Å². The zero-order valence-electron chi connectivity index (χ0n) is 12.0. The van der Waals surface area contributed by atoms with Gasteiger partial charge in [-0.1, -0.05) is 6.92 Å². The number of nitrogen functional groups attached to an aromatic ring is 1. The molecule has 1 rings (SSSR count). The maximum Gasteiger partial charge on any atom is 0.340 e. The molecular formula is C13H21N3O3S. The normalized spacial score (nSPS) is 13.6. The van der Waals surface area contributed by atoms with Crippen LogP contribution in [0.3, 0.4) is 0 Å². The molecule has 0 fully saturated rings. The second kappa shape index (κ2) is 7.84. The molecule has 2 atom stereocenters. The number of hydrogen-bond acceptors (Lipinski definition) is 6. The third-order valence-electron chi connectivity index (χ3n) is 2.85. The van der Waals surface area contributed by atoms with Crippen molar-refractivity contribution in [2.75, 3.05) is 30.5 Å². The van der Waals surface area contributed by atoms with Crippen LogP contribution >= 0.6 is 0 Å². The second-order valence-electron chi connectivity index (χ2n) is 4.40. The summed E-state index contributed by atoms with van der Waals surface area (Å²) < 4.78 is 16.2. The number of nitrogens with one attached hydrogen (secondary N) is 1. The number of nitrogens with two attached hydrogens (primary N) is 1. The number of pyridine rings is 1. The van der Waals surface area contributed by atoms with Gasteiger partial charge >= 0.3 is 5.97 Å². The Hall–Kier alpha value is -1.63. The van der Waals surface area contributed by atoms with Crippen LogP contribution in [0.5, 0.6) is 0 Å². The van der Waals surface area contributed by atoms with Crippen LogP contribution in [0.15, 0.2) is 12.3 Å². The van der Waals surface area contributed by atoms with Gasteiger partial charge in [-0.2, -0.15) is 0 Å². The molecule has 0 aromatic carbocycles. The predicted molar refractivity (Wildman–Crippen MR) is 81.2 cm³/mol. The van der Waals surface area contributed by atoms with Crippen LogP contribution in [0.25, 0.3) is 0 Å². The predicted octanol–water partition coefficient (Wildman–Crippen LogP) is 1.41. The summed E-state index contributed by atoms with van der Waals surface area (Å²) in [5.41, 5.74) is 6.30. The van der Waals surface area contributed by atoms with Crippen molar-refractivity contribution in [1.29, 1.82) is 0 Å². The van der Waals surface area contributed by atoms with Gasteiger partial charge in [0, 0.05) is 28.9 Å². The van der Waals surface area contributed by atoms with E-state index in [1.54, 1.807) is 19.2 Å². The van der Waals surface area contributed by atoms with Crippen LogP contribution in [0.2, 0.25) is 0 Å². The Morgan fingerprint density at radius 1 is 1.60 bits per heavy atom. The highest BCUT2D eigenvalue weighted by molar-refractivity contribution is 7.84. The summed E-state index contributed by atoms with van der Waals surface area (Å²) >= 11 is 0. The SMILES string of the molecule is CCOC(=O)c1cc(NCCC(C)S(C)=O)ncc1N. The molecule has 0 saturated heterocycles. The smallest absolute Gasteiger partial charge is 0.340 e. The topological polar surface area (TPSA) is 94.3 Å². The number of ether oxygens (including phenoxy) is 1. The average molecular weight is 299 g/mol. The monoisotopic (exact) mass is 299 g/mol. The van der Waals surface area contributed by atoms with Crippen LogP contribution < -0.4 is 11.1 Å². The lowest BCUT2D eigenvalue weighted by molar-refractivity contribution is 0.0527. The van der Waals surface area contributed by atoms with Crippen LogP contribution in [0, 0.1) is 0 Å². The average Bonchev–Trinajstić information content (AvgIpc) is 2.40. The maximum absolute atomic E-state index is 11.7. The van der Waals surface area contributed by atoms with Crippen molar-refractivity contribution in [3.63, 3.8) is 0 Å². The van der Waals surface area contributed by atoms with Gasteiger partial charge in [0.2, 0.25) is 0 Å². The third-order valence-corrected chi connectivity index (χ3v) is 4.22. The van der Waals surface area contributed by atoms with Gasteiger partial charge in [0.15, 0.2) is 0 Å². The summed E-state index contributed by atoms with van der Waals surface area (Å²) in [6.45, 7) is 4.59. The maximum atomic E-state index is 11.7. The van der Waals surface area contributed by atoms with Gasteiger partial charge in [-0.05, 0) is 19.4 Å². The van der Waals surface area contributed by atoms with E-state index in [2.05, 4.69) is 10.3 Å². The fourth-order valence-corrected chi connectivity index (χ4v) is 1.97. The largest absolute Gasteiger partial charge is 0.462 e. The number of rotatable bonds is 7. The summed E-state index contributed by atoms with van der Waals surface area (Å²) in [5, 5.41) is 3.20. The lowest BCUT2D eigenvalue weighted by atomic mass is 10.2. The molecule has 1 aromatic heterocycles. The number of nitrogens with zero attached hydrogens (tertiary/aromatic N) is 1. The molecule has 0 spiro atoms. The van der Waals surface area contributed by atoms with Gasteiger partial charge < -0.3 is 15.8 Å². The minimum atomic E-state index is -0.841. The van der Waals surface area contributed by atoms with Crippen LogP contribution in [-0.4, -0.2) is 39.8 Å². The standard InChI is InChI=1S/C13H21N3O3S/c1-4-19-13(17)10-7-12(16-8-11(10)14)15-6-5-9(2)20(3)18/h7-9H,4-6,14H2,1-3H3,(H,15,16). The number of hydrogen-bond donors (Lipinski definition) is 2. The molecule has 0 amide bonds. The summed E-state index contributed by atoms with van der Waals surface area (Å²) in [5.74, 6) is 0.0924. The van der Waals surface area contributed by atoms with Crippen LogP contribution in [-0.2, 0) is 15.5 Å². The first-order valence-electron chi connectivity index (χ1n) is 6.44. The number of anilines is 2. The van der Waals surface area contributed by atoms with Gasteiger partial charge in [-0.15, -0.1) is 0 Å². The van der Waals surface area contributed by atoms with E-state index in [-0.39, 0.29) is 10.9 Å². The van der Waals surface area contributed by atoms with Gasteiger partial charge in [0.1, 0.15) is 5.82 Å². The molecule has 0 radical (unpaired) electrons. The van der Waals surface area contributed by atoms with E-state index >= 15 is 0 Å². The van der Waals surface area contributed by atoms with Crippen LogP contribution in [0.1, 0.15) is 30.6 Å². The van der Waals surface area contributed by atoms with Crippen molar-refractivity contribution in [2.24, 2.45) is 0 Å². The summed E-state index contributed by atoms with van der Waals surface area (Å²) in [7, 11) is -0.841. The van der Waals surface area contributed by atoms with E-state index in [0.29, 0.717) is 24.5 Å². The number of esters is 1. The Labute approximate surface area is 121 Å². The lowest BCUT2D eigenvalue weighted by Gasteiger charge is -2.11. The molecule has 0 aliphatic carbocycles. The van der Waals surface area contributed by atoms with Gasteiger partial charge in [-0.25, -0.2) is 9.78 Å². The van der Waals surface area contributed by atoms with Crippen molar-refractivity contribution >= 4 is 28.3 Å². The van der Waals surface area contributed by atoms with Crippen LogP contribution in [0.4, 0.5) is 11.5 Å². The first kappa shape index (κ1) is 16.4. The highest BCUT2D eigenvalue weighted by Gasteiger charge is 2.12. The Morgan fingerprint density at radius 3 is 2.90 bits per heavy atom. The molecule has 1 aromatic rings. The van der Waals surface area contributed by atoms with Crippen molar-refractivity contribution in [3.8, 4) is 0 Å². The van der Waals surface area contributed by atoms with Gasteiger partial charge in [0.05, 0.1) is 24.1 Å². The van der Waals surface area contributed by atoms with E-state index < -0.39 is 16.8 Å². The Bertz CT molecular complexity index is 494. The molecular weight excluding hydrogens is 278 g/mol. The quantitative estimate of drug-likeness (QED) is 0.739. The molecule has 112 valence electrons. The zero-order valence-corrected chi connectivity index (χ0v) is 12.8. The second-order valence-corrected chi connectivity index (χ2v) is 6.20. The van der Waals surface area contributed by atoms with Crippen molar-refractivity contribution < 1.29 is 13.7 Å². The highest BCUT2D eigenvalue weighted by Crippen LogP contribution is 2.16. The molecule has 2 unspecified atom stereocenters.